The SMILES string of the molecule is O=C(O)Cc1cn(-c2ccc3cc(Br)ccc3c2)nn1. The van der Waals surface area contributed by atoms with E-state index in [4.69, 9.17) is 5.11 Å². The number of hydrogen-bond donors (Lipinski definition) is 1. The summed E-state index contributed by atoms with van der Waals surface area (Å²) < 4.78 is 2.61. The maximum absolute atomic E-state index is 10.6. The molecule has 0 bridgehead atoms. The summed E-state index contributed by atoms with van der Waals surface area (Å²) in [6.07, 6.45) is 1.51. The lowest BCUT2D eigenvalue weighted by atomic mass is 10.1. The lowest BCUT2D eigenvalue weighted by molar-refractivity contribution is -0.136. The molecule has 0 spiro atoms. The molecular weight excluding hydrogens is 322 g/mol. The van der Waals surface area contributed by atoms with Crippen LogP contribution >= 0.6 is 15.9 Å². The molecule has 0 aliphatic carbocycles. The van der Waals surface area contributed by atoms with Crippen LogP contribution in [0.3, 0.4) is 0 Å². The van der Waals surface area contributed by atoms with Crippen molar-refractivity contribution >= 4 is 32.7 Å². The number of carboxylic acids is 1. The van der Waals surface area contributed by atoms with Crippen molar-refractivity contribution in [3.63, 3.8) is 0 Å². The van der Waals surface area contributed by atoms with Crippen LogP contribution in [0.2, 0.25) is 0 Å². The van der Waals surface area contributed by atoms with Gasteiger partial charge < -0.3 is 5.11 Å². The maximum atomic E-state index is 10.6. The van der Waals surface area contributed by atoms with Crippen molar-refractivity contribution in [2.75, 3.05) is 0 Å². The Morgan fingerprint density at radius 3 is 2.75 bits per heavy atom. The van der Waals surface area contributed by atoms with Crippen LogP contribution in [-0.2, 0) is 11.2 Å². The first kappa shape index (κ1) is 12.8. The zero-order chi connectivity index (χ0) is 14.1. The van der Waals surface area contributed by atoms with Gasteiger partial charge in [-0.25, -0.2) is 4.68 Å². The predicted molar refractivity (Wildman–Crippen MR) is 77.9 cm³/mol. The smallest absolute Gasteiger partial charge is 0.309 e. The molecule has 0 saturated carbocycles. The third-order valence-electron chi connectivity index (χ3n) is 2.92. The Hall–Kier alpha value is -2.21. The highest BCUT2D eigenvalue weighted by molar-refractivity contribution is 9.10. The van der Waals surface area contributed by atoms with Crippen LogP contribution in [0.5, 0.6) is 0 Å². The number of benzene rings is 2. The zero-order valence-corrected chi connectivity index (χ0v) is 11.9. The van der Waals surface area contributed by atoms with Gasteiger partial charge in [0.05, 0.1) is 24.0 Å². The molecule has 3 rings (SSSR count). The topological polar surface area (TPSA) is 68.0 Å². The predicted octanol–water partition coefficient (Wildman–Crippen LogP) is 2.81. The first-order valence-corrected chi connectivity index (χ1v) is 6.74. The van der Waals surface area contributed by atoms with E-state index in [9.17, 15) is 4.79 Å². The molecule has 0 aliphatic rings. The Balaban J connectivity index is 1.99. The first-order chi connectivity index (χ1) is 9.61. The molecule has 1 N–H and O–H groups in total. The highest BCUT2D eigenvalue weighted by Crippen LogP contribution is 2.22. The van der Waals surface area contributed by atoms with Crippen molar-refractivity contribution in [1.82, 2.24) is 15.0 Å². The average Bonchev–Trinajstić information content (AvgIpc) is 2.85. The molecular formula is C14H10BrN3O2. The molecule has 5 nitrogen and oxygen atoms in total. The number of carbonyl (C=O) groups is 1. The van der Waals surface area contributed by atoms with Gasteiger partial charge >= 0.3 is 5.97 Å². The Kier molecular flexibility index (Phi) is 3.23. The van der Waals surface area contributed by atoms with Gasteiger partial charge in [-0.15, -0.1) is 5.10 Å². The summed E-state index contributed by atoms with van der Waals surface area (Å²) in [5.41, 5.74) is 1.29. The lowest BCUT2D eigenvalue weighted by Gasteiger charge is -2.03. The monoisotopic (exact) mass is 331 g/mol. The van der Waals surface area contributed by atoms with Gasteiger partial charge in [-0.3, -0.25) is 4.79 Å². The van der Waals surface area contributed by atoms with Crippen molar-refractivity contribution in [3.05, 3.63) is 52.8 Å². The molecule has 0 amide bonds. The summed E-state index contributed by atoms with van der Waals surface area (Å²) in [7, 11) is 0. The lowest BCUT2D eigenvalue weighted by Crippen LogP contribution is -1.99. The van der Waals surface area contributed by atoms with Crippen molar-refractivity contribution in [2.24, 2.45) is 0 Å². The summed E-state index contributed by atoms with van der Waals surface area (Å²) in [6, 6.07) is 11.9. The molecule has 0 fully saturated rings. The molecule has 1 aromatic heterocycles. The zero-order valence-electron chi connectivity index (χ0n) is 10.3. The molecule has 100 valence electrons. The Labute approximate surface area is 123 Å². The summed E-state index contributed by atoms with van der Waals surface area (Å²) in [5.74, 6) is -0.916. The fraction of sp³-hybridized carbons (Fsp3) is 0.0714. The van der Waals surface area contributed by atoms with E-state index in [-0.39, 0.29) is 6.42 Å². The number of nitrogens with zero attached hydrogens (tertiary/aromatic N) is 3. The van der Waals surface area contributed by atoms with Crippen LogP contribution in [0.25, 0.3) is 16.5 Å². The van der Waals surface area contributed by atoms with Crippen molar-refractivity contribution in [3.8, 4) is 5.69 Å². The van der Waals surface area contributed by atoms with E-state index in [0.29, 0.717) is 5.69 Å². The minimum Gasteiger partial charge on any atom is -0.481 e. The van der Waals surface area contributed by atoms with Crippen molar-refractivity contribution in [2.45, 2.75) is 6.42 Å². The molecule has 2 aromatic carbocycles. The van der Waals surface area contributed by atoms with E-state index < -0.39 is 5.97 Å². The molecule has 3 aromatic rings. The summed E-state index contributed by atoms with van der Waals surface area (Å²) >= 11 is 3.44. The van der Waals surface area contributed by atoms with Crippen LogP contribution < -0.4 is 0 Å². The second-order valence-corrected chi connectivity index (χ2v) is 5.32. The second kappa shape index (κ2) is 5.05. The minimum absolute atomic E-state index is 0.124. The van der Waals surface area contributed by atoms with Gasteiger partial charge in [0, 0.05) is 4.47 Å². The van der Waals surface area contributed by atoms with Gasteiger partial charge in [0.2, 0.25) is 0 Å². The molecule has 1 heterocycles. The highest BCUT2D eigenvalue weighted by Gasteiger charge is 2.07. The second-order valence-electron chi connectivity index (χ2n) is 4.40. The number of aliphatic carboxylic acids is 1. The maximum Gasteiger partial charge on any atom is 0.309 e. The van der Waals surface area contributed by atoms with E-state index in [1.54, 1.807) is 10.9 Å². The number of fused-ring (bicyclic) bond motifs is 1. The van der Waals surface area contributed by atoms with Crippen molar-refractivity contribution in [1.29, 1.82) is 0 Å². The standard InChI is InChI=1S/C14H10BrN3O2/c15-11-3-1-10-6-13(4-2-9(10)5-11)18-8-12(16-17-18)7-14(19)20/h1-6,8H,7H2,(H,19,20). The number of hydrogen-bond acceptors (Lipinski definition) is 3. The minimum atomic E-state index is -0.916. The van der Waals surface area contributed by atoms with Gasteiger partial charge in [-0.2, -0.15) is 0 Å². The summed E-state index contributed by atoms with van der Waals surface area (Å²) in [5, 5.41) is 18.7. The van der Waals surface area contributed by atoms with Crippen LogP contribution in [0.1, 0.15) is 5.69 Å². The van der Waals surface area contributed by atoms with Gasteiger partial charge in [-0.05, 0) is 35.0 Å². The summed E-state index contributed by atoms with van der Waals surface area (Å²) in [4.78, 5) is 10.6. The molecule has 0 atom stereocenters. The van der Waals surface area contributed by atoms with E-state index in [1.165, 1.54) is 0 Å². The van der Waals surface area contributed by atoms with E-state index in [1.807, 2.05) is 36.4 Å². The van der Waals surface area contributed by atoms with Gasteiger partial charge in [0.25, 0.3) is 0 Å². The molecule has 20 heavy (non-hydrogen) atoms. The van der Waals surface area contributed by atoms with Crippen LogP contribution in [0.15, 0.2) is 47.1 Å². The van der Waals surface area contributed by atoms with E-state index in [2.05, 4.69) is 26.2 Å². The number of aromatic nitrogens is 3. The molecule has 0 radical (unpaired) electrons. The number of carboxylic acid groups (broad SMARTS) is 1. The number of rotatable bonds is 3. The Morgan fingerprint density at radius 2 is 1.95 bits per heavy atom. The summed E-state index contributed by atoms with van der Waals surface area (Å²) in [6.45, 7) is 0. The number of halogens is 1. The quantitative estimate of drug-likeness (QED) is 0.801. The van der Waals surface area contributed by atoms with Crippen LogP contribution in [0, 0.1) is 0 Å². The highest BCUT2D eigenvalue weighted by atomic mass is 79.9. The van der Waals surface area contributed by atoms with Crippen molar-refractivity contribution < 1.29 is 9.90 Å². The molecule has 0 unspecified atom stereocenters. The molecule has 0 saturated heterocycles. The molecule has 6 heteroatoms. The van der Waals surface area contributed by atoms with E-state index >= 15 is 0 Å². The third kappa shape index (κ3) is 2.55. The molecule has 0 aliphatic heterocycles. The largest absolute Gasteiger partial charge is 0.481 e. The normalized spacial score (nSPS) is 10.8. The average molecular weight is 332 g/mol. The fourth-order valence-corrected chi connectivity index (χ4v) is 2.39. The van der Waals surface area contributed by atoms with Crippen LogP contribution in [0.4, 0.5) is 0 Å². The third-order valence-corrected chi connectivity index (χ3v) is 3.42. The fourth-order valence-electron chi connectivity index (χ4n) is 2.01. The van der Waals surface area contributed by atoms with Gasteiger partial charge in [-0.1, -0.05) is 33.3 Å². The first-order valence-electron chi connectivity index (χ1n) is 5.94. The van der Waals surface area contributed by atoms with Crippen LogP contribution in [-0.4, -0.2) is 26.1 Å². The van der Waals surface area contributed by atoms with Gasteiger partial charge in [0.15, 0.2) is 0 Å². The van der Waals surface area contributed by atoms with Gasteiger partial charge in [0.1, 0.15) is 0 Å². The Morgan fingerprint density at radius 1 is 1.20 bits per heavy atom. The van der Waals surface area contributed by atoms with E-state index in [0.717, 1.165) is 20.9 Å². The Bertz CT molecular complexity index is 798.